The summed E-state index contributed by atoms with van der Waals surface area (Å²) in [5.74, 6) is 0.498. The third-order valence-electron chi connectivity index (χ3n) is 4.44. The Bertz CT molecular complexity index is 882. The molecule has 0 aliphatic carbocycles. The van der Waals surface area contributed by atoms with Crippen LogP contribution >= 0.6 is 22.9 Å². The topological polar surface area (TPSA) is 55.6 Å². The van der Waals surface area contributed by atoms with Crippen molar-refractivity contribution in [3.05, 3.63) is 46.6 Å². The second-order valence-corrected chi connectivity index (χ2v) is 7.45. The van der Waals surface area contributed by atoms with Gasteiger partial charge in [-0.3, -0.25) is 9.20 Å². The van der Waals surface area contributed by atoms with Crippen LogP contribution in [0.1, 0.15) is 23.3 Å². The molecular weight excluding hydrogens is 358 g/mol. The molecule has 1 saturated heterocycles. The molecule has 7 heteroatoms. The Kier molecular flexibility index (Phi) is 4.74. The summed E-state index contributed by atoms with van der Waals surface area (Å²) < 4.78 is 7.21. The van der Waals surface area contributed by atoms with E-state index in [4.69, 9.17) is 16.3 Å². The molecule has 0 radical (unpaired) electrons. The third-order valence-corrected chi connectivity index (χ3v) is 5.54. The van der Waals surface area contributed by atoms with Gasteiger partial charge in [0.25, 0.3) is 5.91 Å². The van der Waals surface area contributed by atoms with E-state index in [0.29, 0.717) is 23.2 Å². The van der Waals surface area contributed by atoms with Gasteiger partial charge in [-0.05, 0) is 30.9 Å². The van der Waals surface area contributed by atoms with E-state index in [1.807, 2.05) is 40.2 Å². The largest absolute Gasteiger partial charge is 0.381 e. The van der Waals surface area contributed by atoms with Gasteiger partial charge in [0, 0.05) is 41.9 Å². The Balaban J connectivity index is 1.47. The second kappa shape index (κ2) is 7.15. The smallest absolute Gasteiger partial charge is 0.269 e. The first-order chi connectivity index (χ1) is 12.2. The van der Waals surface area contributed by atoms with Gasteiger partial charge in [-0.1, -0.05) is 23.7 Å². The molecule has 1 fully saturated rings. The van der Waals surface area contributed by atoms with Crippen molar-refractivity contribution >= 4 is 33.8 Å². The average Bonchev–Trinajstić information content (AvgIpc) is 3.32. The minimum Gasteiger partial charge on any atom is -0.381 e. The van der Waals surface area contributed by atoms with E-state index < -0.39 is 0 Å². The molecule has 1 N–H and O–H groups in total. The molecule has 0 spiro atoms. The average molecular weight is 376 g/mol. The first-order valence-corrected chi connectivity index (χ1v) is 9.55. The highest BCUT2D eigenvalue weighted by Crippen LogP contribution is 2.25. The molecule has 1 amide bonds. The molecule has 3 heterocycles. The number of hydrogen-bond acceptors (Lipinski definition) is 4. The quantitative estimate of drug-likeness (QED) is 0.736. The Morgan fingerprint density at radius 1 is 1.40 bits per heavy atom. The van der Waals surface area contributed by atoms with Crippen molar-refractivity contribution in [1.29, 1.82) is 0 Å². The number of ether oxygens (including phenoxy) is 1. The molecule has 1 aliphatic rings. The van der Waals surface area contributed by atoms with Crippen molar-refractivity contribution in [3.63, 3.8) is 0 Å². The number of aromatic nitrogens is 2. The van der Waals surface area contributed by atoms with Gasteiger partial charge in [0.15, 0.2) is 4.96 Å². The number of nitrogens with zero attached hydrogens (tertiary/aromatic N) is 2. The molecule has 1 aromatic carbocycles. The highest BCUT2D eigenvalue weighted by atomic mass is 35.5. The molecule has 4 rings (SSSR count). The highest BCUT2D eigenvalue weighted by Gasteiger charge is 2.18. The number of fused-ring (bicyclic) bond motifs is 1. The fourth-order valence-electron chi connectivity index (χ4n) is 3.00. The predicted molar refractivity (Wildman–Crippen MR) is 99.4 cm³/mol. The highest BCUT2D eigenvalue weighted by molar-refractivity contribution is 7.15. The van der Waals surface area contributed by atoms with Crippen LogP contribution in [-0.4, -0.2) is 35.1 Å². The lowest BCUT2D eigenvalue weighted by Gasteiger charge is -2.08. The molecule has 0 saturated carbocycles. The molecule has 3 aromatic rings. The number of hydrogen-bond donors (Lipinski definition) is 1. The number of rotatable bonds is 5. The molecule has 25 heavy (non-hydrogen) atoms. The van der Waals surface area contributed by atoms with Gasteiger partial charge in [-0.25, -0.2) is 4.98 Å². The molecule has 2 aromatic heterocycles. The van der Waals surface area contributed by atoms with Crippen molar-refractivity contribution in [2.45, 2.75) is 12.8 Å². The van der Waals surface area contributed by atoms with Gasteiger partial charge in [0.05, 0.1) is 5.69 Å². The van der Waals surface area contributed by atoms with Crippen LogP contribution in [0.2, 0.25) is 5.02 Å². The van der Waals surface area contributed by atoms with E-state index in [2.05, 4.69) is 10.3 Å². The maximum atomic E-state index is 12.5. The normalized spacial score (nSPS) is 17.2. The summed E-state index contributed by atoms with van der Waals surface area (Å²) in [6, 6.07) is 7.53. The van der Waals surface area contributed by atoms with Crippen LogP contribution in [0, 0.1) is 5.92 Å². The Labute approximate surface area is 154 Å². The first-order valence-electron chi connectivity index (χ1n) is 8.29. The van der Waals surface area contributed by atoms with Crippen molar-refractivity contribution in [2.75, 3.05) is 19.8 Å². The summed E-state index contributed by atoms with van der Waals surface area (Å²) >= 11 is 7.40. The number of carbonyl (C=O) groups excluding carboxylic acids is 1. The monoisotopic (exact) mass is 375 g/mol. The van der Waals surface area contributed by atoms with Crippen LogP contribution in [0.4, 0.5) is 0 Å². The zero-order chi connectivity index (χ0) is 17.2. The summed E-state index contributed by atoms with van der Waals surface area (Å²) in [6.45, 7) is 2.32. The van der Waals surface area contributed by atoms with Gasteiger partial charge in [-0.2, -0.15) is 0 Å². The van der Waals surface area contributed by atoms with E-state index in [-0.39, 0.29) is 5.91 Å². The molecule has 0 unspecified atom stereocenters. The Morgan fingerprint density at radius 2 is 2.24 bits per heavy atom. The zero-order valence-corrected chi connectivity index (χ0v) is 15.1. The molecule has 130 valence electrons. The van der Waals surface area contributed by atoms with Crippen LogP contribution in [-0.2, 0) is 4.74 Å². The lowest BCUT2D eigenvalue weighted by atomic mass is 10.1. The number of nitrogens with one attached hydrogen (secondary N) is 1. The van der Waals surface area contributed by atoms with Gasteiger partial charge in [-0.15, -0.1) is 11.3 Å². The van der Waals surface area contributed by atoms with Gasteiger partial charge >= 0.3 is 0 Å². The number of thiazole rings is 1. The maximum Gasteiger partial charge on any atom is 0.269 e. The molecule has 5 nitrogen and oxygen atoms in total. The van der Waals surface area contributed by atoms with E-state index in [1.54, 1.807) is 0 Å². The molecular formula is C18H18ClN3O2S. The summed E-state index contributed by atoms with van der Waals surface area (Å²) in [5.41, 5.74) is 2.43. The standard InChI is InChI=1S/C18H18ClN3O2S/c19-14-3-1-13(2-4-14)15-9-22-16(11-25-18(22)21-15)17(23)20-7-5-12-6-8-24-10-12/h1-4,9,11-12H,5-8,10H2,(H,20,23)/t12-/m1/s1. The number of halogens is 1. The van der Waals surface area contributed by atoms with E-state index in [1.165, 1.54) is 11.3 Å². The van der Waals surface area contributed by atoms with Crippen molar-refractivity contribution in [2.24, 2.45) is 5.92 Å². The van der Waals surface area contributed by atoms with Crippen LogP contribution in [0.25, 0.3) is 16.2 Å². The van der Waals surface area contributed by atoms with E-state index in [0.717, 1.165) is 42.3 Å². The summed E-state index contributed by atoms with van der Waals surface area (Å²) in [7, 11) is 0. The molecule has 1 atom stereocenters. The fourth-order valence-corrected chi connectivity index (χ4v) is 3.98. The predicted octanol–water partition coefficient (Wildman–Crippen LogP) is 3.87. The SMILES string of the molecule is O=C(NCC[C@@H]1CCOC1)c1csc2nc(-c3ccc(Cl)cc3)cn12. The number of benzene rings is 1. The second-order valence-electron chi connectivity index (χ2n) is 6.18. The van der Waals surface area contributed by atoms with Gasteiger partial charge in [0.1, 0.15) is 5.69 Å². The van der Waals surface area contributed by atoms with Crippen LogP contribution < -0.4 is 5.32 Å². The summed E-state index contributed by atoms with van der Waals surface area (Å²) in [4.78, 5) is 17.9. The van der Waals surface area contributed by atoms with Crippen LogP contribution in [0.5, 0.6) is 0 Å². The summed E-state index contributed by atoms with van der Waals surface area (Å²) in [6.07, 6.45) is 3.94. The number of imidazole rings is 1. The lowest BCUT2D eigenvalue weighted by molar-refractivity contribution is 0.0945. The maximum absolute atomic E-state index is 12.5. The number of carbonyl (C=O) groups is 1. The van der Waals surface area contributed by atoms with Crippen LogP contribution in [0.3, 0.4) is 0 Å². The minimum atomic E-state index is -0.0646. The first kappa shape index (κ1) is 16.6. The summed E-state index contributed by atoms with van der Waals surface area (Å²) in [5, 5.41) is 5.55. The van der Waals surface area contributed by atoms with Gasteiger partial charge < -0.3 is 10.1 Å². The molecule has 1 aliphatic heterocycles. The molecule has 0 bridgehead atoms. The lowest BCUT2D eigenvalue weighted by Crippen LogP contribution is -2.27. The Hall–Kier alpha value is -1.89. The van der Waals surface area contributed by atoms with Crippen molar-refractivity contribution in [1.82, 2.24) is 14.7 Å². The van der Waals surface area contributed by atoms with Gasteiger partial charge in [0.2, 0.25) is 0 Å². The van der Waals surface area contributed by atoms with E-state index in [9.17, 15) is 4.79 Å². The minimum absolute atomic E-state index is 0.0646. The Morgan fingerprint density at radius 3 is 3.00 bits per heavy atom. The number of amides is 1. The van der Waals surface area contributed by atoms with Crippen LogP contribution in [0.15, 0.2) is 35.8 Å². The fraction of sp³-hybridized carbons (Fsp3) is 0.333. The van der Waals surface area contributed by atoms with E-state index >= 15 is 0 Å². The van der Waals surface area contributed by atoms with Crippen molar-refractivity contribution in [3.8, 4) is 11.3 Å². The zero-order valence-electron chi connectivity index (χ0n) is 13.6. The third kappa shape index (κ3) is 3.56. The van der Waals surface area contributed by atoms with Crippen molar-refractivity contribution < 1.29 is 9.53 Å².